The van der Waals surface area contributed by atoms with Gasteiger partial charge in [-0.05, 0) is 43.7 Å². The monoisotopic (exact) mass is 337 g/mol. The fourth-order valence-electron chi connectivity index (χ4n) is 2.87. The van der Waals surface area contributed by atoms with Crippen LogP contribution in [-0.2, 0) is 11.3 Å². The number of hydrogen-bond acceptors (Lipinski definition) is 3. The summed E-state index contributed by atoms with van der Waals surface area (Å²) in [5, 5.41) is 0. The van der Waals surface area contributed by atoms with Gasteiger partial charge >= 0.3 is 6.03 Å². The average molecular weight is 337 g/mol. The van der Waals surface area contributed by atoms with E-state index >= 15 is 0 Å². The molecule has 6 heteroatoms. The lowest BCUT2D eigenvalue weighted by Gasteiger charge is -2.19. The molecule has 0 spiro atoms. The third kappa shape index (κ3) is 3.10. The summed E-state index contributed by atoms with van der Waals surface area (Å²) >= 11 is 0. The van der Waals surface area contributed by atoms with Crippen LogP contribution in [0.2, 0.25) is 0 Å². The van der Waals surface area contributed by atoms with Crippen molar-refractivity contribution in [2.45, 2.75) is 26.4 Å². The lowest BCUT2D eigenvalue weighted by molar-refractivity contribution is -0.127. The highest BCUT2D eigenvalue weighted by Gasteiger charge is 2.43. The molecule has 2 N–H and O–H groups in total. The minimum absolute atomic E-state index is 0.156. The van der Waals surface area contributed by atoms with Crippen molar-refractivity contribution in [3.05, 3.63) is 65.2 Å². The van der Waals surface area contributed by atoms with Gasteiger partial charge in [0.2, 0.25) is 5.91 Å². The van der Waals surface area contributed by atoms with E-state index in [1.807, 2.05) is 31.2 Å². The molecule has 1 atom stereocenters. The predicted octanol–water partition coefficient (Wildman–Crippen LogP) is 2.45. The first-order valence-corrected chi connectivity index (χ1v) is 7.98. The topological polar surface area (TPSA) is 83.7 Å². The van der Waals surface area contributed by atoms with Crippen LogP contribution in [-0.4, -0.2) is 28.8 Å². The number of benzene rings is 2. The molecule has 6 nitrogen and oxygen atoms in total. The van der Waals surface area contributed by atoms with Crippen LogP contribution in [0.3, 0.4) is 0 Å². The van der Waals surface area contributed by atoms with Crippen LogP contribution < -0.4 is 10.6 Å². The number of carbonyl (C=O) groups is 3. The first-order valence-electron chi connectivity index (χ1n) is 7.98. The molecule has 1 heterocycles. The molecule has 0 aromatic heterocycles. The van der Waals surface area contributed by atoms with E-state index in [-0.39, 0.29) is 18.5 Å². The Hall–Kier alpha value is -3.15. The summed E-state index contributed by atoms with van der Waals surface area (Å²) in [5.41, 5.74) is 8.14. The first kappa shape index (κ1) is 16.7. The summed E-state index contributed by atoms with van der Waals surface area (Å²) in [4.78, 5) is 39.1. The number of rotatable bonds is 4. The lowest BCUT2D eigenvalue weighted by atomic mass is 10.1. The Morgan fingerprint density at radius 2 is 1.64 bits per heavy atom. The molecule has 0 aliphatic carbocycles. The van der Waals surface area contributed by atoms with Crippen molar-refractivity contribution in [1.82, 2.24) is 4.90 Å². The summed E-state index contributed by atoms with van der Waals surface area (Å²) in [7, 11) is 0. The third-order valence-electron chi connectivity index (χ3n) is 4.34. The molecule has 1 aliphatic rings. The fraction of sp³-hybridized carbons (Fsp3) is 0.211. The normalized spacial score (nSPS) is 17.3. The molecule has 0 saturated carbocycles. The van der Waals surface area contributed by atoms with Gasteiger partial charge in [0.05, 0.1) is 6.54 Å². The predicted molar refractivity (Wildman–Crippen MR) is 94.0 cm³/mol. The molecular formula is C19H19N3O3. The van der Waals surface area contributed by atoms with E-state index in [0.29, 0.717) is 11.3 Å². The van der Waals surface area contributed by atoms with Crippen LogP contribution in [0.4, 0.5) is 10.5 Å². The summed E-state index contributed by atoms with van der Waals surface area (Å²) in [5.74, 6) is -0.761. The number of urea groups is 1. The van der Waals surface area contributed by atoms with Gasteiger partial charge in [-0.3, -0.25) is 19.4 Å². The van der Waals surface area contributed by atoms with Crippen LogP contribution in [0.5, 0.6) is 0 Å². The SMILES string of the molecule is Cc1ccc(N2C(=O)N(Cc3ccc(C(N)=O)cc3)C(=O)C2C)cc1. The number of amides is 4. The first-order chi connectivity index (χ1) is 11.9. The van der Waals surface area contributed by atoms with Crippen molar-refractivity contribution in [3.8, 4) is 0 Å². The van der Waals surface area contributed by atoms with Gasteiger partial charge in [0, 0.05) is 11.3 Å². The second kappa shape index (κ2) is 6.39. The molecule has 0 radical (unpaired) electrons. The summed E-state index contributed by atoms with van der Waals surface area (Å²) < 4.78 is 0. The van der Waals surface area contributed by atoms with Crippen LogP contribution in [0.25, 0.3) is 0 Å². The highest BCUT2D eigenvalue weighted by Crippen LogP contribution is 2.27. The Labute approximate surface area is 145 Å². The molecular weight excluding hydrogens is 318 g/mol. The minimum atomic E-state index is -0.555. The molecule has 4 amide bonds. The van der Waals surface area contributed by atoms with Gasteiger partial charge in [0.15, 0.2) is 0 Å². The maximum Gasteiger partial charge on any atom is 0.332 e. The average Bonchev–Trinajstić information content (AvgIpc) is 2.80. The number of carbonyl (C=O) groups excluding carboxylic acids is 3. The molecule has 1 saturated heterocycles. The molecule has 128 valence electrons. The van der Waals surface area contributed by atoms with Crippen molar-refractivity contribution in [1.29, 1.82) is 0 Å². The zero-order valence-electron chi connectivity index (χ0n) is 14.1. The van der Waals surface area contributed by atoms with Crippen molar-refractivity contribution < 1.29 is 14.4 Å². The van der Waals surface area contributed by atoms with Gasteiger partial charge in [-0.15, -0.1) is 0 Å². The second-order valence-electron chi connectivity index (χ2n) is 6.15. The Bertz CT molecular complexity index is 828. The molecule has 1 fully saturated rings. The van der Waals surface area contributed by atoms with Crippen molar-refractivity contribution in [2.24, 2.45) is 5.73 Å². The standard InChI is InChI=1S/C19H19N3O3/c1-12-3-9-16(10-4-12)22-13(2)18(24)21(19(22)25)11-14-5-7-15(8-6-14)17(20)23/h3-10,13H,11H2,1-2H3,(H2,20,23). The summed E-state index contributed by atoms with van der Waals surface area (Å²) in [6, 6.07) is 13.1. The largest absolute Gasteiger partial charge is 0.366 e. The molecule has 2 aromatic rings. The number of primary amides is 1. The molecule has 1 aliphatic heterocycles. The zero-order chi connectivity index (χ0) is 18.1. The quantitative estimate of drug-likeness (QED) is 0.870. The number of imide groups is 1. The van der Waals surface area contributed by atoms with Gasteiger partial charge < -0.3 is 5.73 Å². The maximum absolute atomic E-state index is 12.7. The third-order valence-corrected chi connectivity index (χ3v) is 4.34. The van der Waals surface area contributed by atoms with E-state index in [0.717, 1.165) is 11.1 Å². The van der Waals surface area contributed by atoms with Gasteiger partial charge in [0.1, 0.15) is 6.04 Å². The van der Waals surface area contributed by atoms with Crippen LogP contribution >= 0.6 is 0 Å². The minimum Gasteiger partial charge on any atom is -0.366 e. The Morgan fingerprint density at radius 1 is 1.04 bits per heavy atom. The van der Waals surface area contributed by atoms with Crippen molar-refractivity contribution in [2.75, 3.05) is 4.90 Å². The molecule has 3 rings (SSSR count). The number of hydrogen-bond donors (Lipinski definition) is 1. The van der Waals surface area contributed by atoms with Gasteiger partial charge in [0.25, 0.3) is 5.91 Å². The second-order valence-corrected chi connectivity index (χ2v) is 6.15. The van der Waals surface area contributed by atoms with E-state index in [1.54, 1.807) is 31.2 Å². The van der Waals surface area contributed by atoms with E-state index in [4.69, 9.17) is 5.73 Å². The number of anilines is 1. The van der Waals surface area contributed by atoms with Gasteiger partial charge in [-0.2, -0.15) is 0 Å². The highest BCUT2D eigenvalue weighted by molar-refractivity contribution is 6.14. The Morgan fingerprint density at radius 3 is 2.20 bits per heavy atom. The van der Waals surface area contributed by atoms with E-state index in [9.17, 15) is 14.4 Å². The number of nitrogens with zero attached hydrogens (tertiary/aromatic N) is 2. The van der Waals surface area contributed by atoms with Crippen LogP contribution in [0, 0.1) is 6.92 Å². The smallest absolute Gasteiger partial charge is 0.332 e. The lowest BCUT2D eigenvalue weighted by Crippen LogP contribution is -2.33. The van der Waals surface area contributed by atoms with Crippen LogP contribution in [0.1, 0.15) is 28.4 Å². The molecule has 25 heavy (non-hydrogen) atoms. The highest BCUT2D eigenvalue weighted by atomic mass is 16.2. The van der Waals surface area contributed by atoms with Gasteiger partial charge in [-0.1, -0.05) is 29.8 Å². The molecule has 2 aromatic carbocycles. The zero-order valence-corrected chi connectivity index (χ0v) is 14.1. The molecule has 1 unspecified atom stereocenters. The molecule has 0 bridgehead atoms. The fourth-order valence-corrected chi connectivity index (χ4v) is 2.87. The Kier molecular flexibility index (Phi) is 4.27. The number of nitrogens with two attached hydrogens (primary N) is 1. The summed E-state index contributed by atoms with van der Waals surface area (Å²) in [6.45, 7) is 3.84. The van der Waals surface area contributed by atoms with E-state index < -0.39 is 11.9 Å². The van der Waals surface area contributed by atoms with Crippen molar-refractivity contribution >= 4 is 23.5 Å². The summed E-state index contributed by atoms with van der Waals surface area (Å²) in [6.07, 6.45) is 0. The van der Waals surface area contributed by atoms with Crippen molar-refractivity contribution in [3.63, 3.8) is 0 Å². The Balaban J connectivity index is 1.82. The maximum atomic E-state index is 12.7. The van der Waals surface area contributed by atoms with E-state index in [2.05, 4.69) is 0 Å². The van der Waals surface area contributed by atoms with Gasteiger partial charge in [-0.25, -0.2) is 4.79 Å². The van der Waals surface area contributed by atoms with Crippen LogP contribution in [0.15, 0.2) is 48.5 Å². The number of aryl methyl sites for hydroxylation is 1. The van der Waals surface area contributed by atoms with E-state index in [1.165, 1.54) is 9.80 Å².